The highest BCUT2D eigenvalue weighted by Crippen LogP contribution is 2.21. The van der Waals surface area contributed by atoms with Crippen LogP contribution in [-0.2, 0) is 11.3 Å². The number of imidazole rings is 1. The van der Waals surface area contributed by atoms with Gasteiger partial charge in [-0.05, 0) is 48.4 Å². The topological polar surface area (TPSA) is 119 Å². The molecule has 2 aromatic heterocycles. The van der Waals surface area contributed by atoms with Crippen molar-refractivity contribution in [3.05, 3.63) is 112 Å². The van der Waals surface area contributed by atoms with E-state index in [1.54, 1.807) is 30.0 Å². The first-order valence-electron chi connectivity index (χ1n) is 11.8. The van der Waals surface area contributed by atoms with E-state index in [4.69, 9.17) is 9.72 Å². The highest BCUT2D eigenvalue weighted by Gasteiger charge is 2.25. The van der Waals surface area contributed by atoms with Gasteiger partial charge in [0.05, 0.1) is 18.6 Å². The van der Waals surface area contributed by atoms with Gasteiger partial charge in [-0.1, -0.05) is 36.4 Å². The molecule has 0 saturated carbocycles. The summed E-state index contributed by atoms with van der Waals surface area (Å²) >= 11 is 0. The number of nitrogens with zero attached hydrogens (tertiary/aromatic N) is 4. The first-order valence-corrected chi connectivity index (χ1v) is 11.8. The molecule has 0 unspecified atom stereocenters. The van der Waals surface area contributed by atoms with Gasteiger partial charge in [0.15, 0.2) is 5.52 Å². The molecular weight excluding hydrogens is 484 g/mol. The second kappa shape index (κ2) is 10.4. The maximum absolute atomic E-state index is 12.8. The van der Waals surface area contributed by atoms with Gasteiger partial charge in [0.25, 0.3) is 11.6 Å². The lowest BCUT2D eigenvalue weighted by molar-refractivity contribution is -0.650. The van der Waals surface area contributed by atoms with Crippen LogP contribution in [0.3, 0.4) is 0 Å². The predicted molar refractivity (Wildman–Crippen MR) is 143 cm³/mol. The molecule has 0 atom stereocenters. The summed E-state index contributed by atoms with van der Waals surface area (Å²) in [6.07, 6.45) is 3.18. The number of amides is 1. The normalized spacial score (nSPS) is 11.2. The zero-order chi connectivity index (χ0) is 26.6. The number of rotatable bonds is 8. The van der Waals surface area contributed by atoms with Crippen molar-refractivity contribution in [1.82, 2.24) is 14.6 Å². The Balaban J connectivity index is 1.48. The van der Waals surface area contributed by atoms with E-state index in [1.165, 1.54) is 12.1 Å². The summed E-state index contributed by atoms with van der Waals surface area (Å²) in [5.41, 5.74) is 4.05. The second-order valence-corrected chi connectivity index (χ2v) is 8.67. The molecule has 2 heterocycles. The molecule has 0 saturated heterocycles. The van der Waals surface area contributed by atoms with Crippen molar-refractivity contribution < 1.29 is 19.1 Å². The molecule has 5 aromatic rings. The summed E-state index contributed by atoms with van der Waals surface area (Å²) in [4.78, 5) is 28.5. The van der Waals surface area contributed by atoms with Crippen LogP contribution in [-0.4, -0.2) is 32.6 Å². The molecule has 10 nitrogen and oxygen atoms in total. The summed E-state index contributed by atoms with van der Waals surface area (Å²) in [6.45, 7) is 2.22. The fraction of sp³-hybridized carbons (Fsp3) is 0.107. The molecule has 5 rings (SSSR count). The first-order chi connectivity index (χ1) is 18.4. The van der Waals surface area contributed by atoms with Crippen LogP contribution in [0.25, 0.3) is 23.1 Å². The Kier molecular flexibility index (Phi) is 6.68. The van der Waals surface area contributed by atoms with Crippen LogP contribution >= 0.6 is 0 Å². The number of aromatic nitrogens is 4. The van der Waals surface area contributed by atoms with Gasteiger partial charge >= 0.3 is 5.95 Å². The minimum Gasteiger partial charge on any atom is -0.497 e. The van der Waals surface area contributed by atoms with Gasteiger partial charge in [-0.25, -0.2) is 4.57 Å². The van der Waals surface area contributed by atoms with E-state index in [0.717, 1.165) is 33.6 Å². The largest absolute Gasteiger partial charge is 0.497 e. The molecule has 2 N–H and O–H groups in total. The molecule has 0 aliphatic rings. The van der Waals surface area contributed by atoms with E-state index in [9.17, 15) is 14.9 Å². The van der Waals surface area contributed by atoms with Crippen LogP contribution in [0.1, 0.15) is 16.8 Å². The van der Waals surface area contributed by atoms with E-state index in [1.807, 2.05) is 72.2 Å². The lowest BCUT2D eigenvalue weighted by Gasteiger charge is -2.06. The average molecular weight is 510 g/mol. The number of methoxy groups -OCH3 is 1. The van der Waals surface area contributed by atoms with Crippen LogP contribution in [0.2, 0.25) is 0 Å². The lowest BCUT2D eigenvalue weighted by atomic mass is 10.2. The van der Waals surface area contributed by atoms with Crippen LogP contribution in [0, 0.1) is 17.0 Å². The van der Waals surface area contributed by atoms with E-state index in [0.29, 0.717) is 18.3 Å². The van der Waals surface area contributed by atoms with Gasteiger partial charge in [0.2, 0.25) is 5.82 Å². The Bertz CT molecular complexity index is 1670. The van der Waals surface area contributed by atoms with Gasteiger partial charge in [-0.3, -0.25) is 25.3 Å². The van der Waals surface area contributed by atoms with Crippen molar-refractivity contribution in [2.24, 2.45) is 0 Å². The number of benzene rings is 3. The summed E-state index contributed by atoms with van der Waals surface area (Å²) < 4.78 is 8.82. The van der Waals surface area contributed by atoms with Gasteiger partial charge < -0.3 is 4.74 Å². The zero-order valence-electron chi connectivity index (χ0n) is 20.8. The Labute approximate surface area is 218 Å². The van der Waals surface area contributed by atoms with Gasteiger partial charge in [-0.15, -0.1) is 9.67 Å². The highest BCUT2D eigenvalue weighted by atomic mass is 16.6. The van der Waals surface area contributed by atoms with E-state index in [-0.39, 0.29) is 11.6 Å². The fourth-order valence-corrected chi connectivity index (χ4v) is 4.18. The summed E-state index contributed by atoms with van der Waals surface area (Å²) in [5, 5.41) is 17.5. The van der Waals surface area contributed by atoms with Crippen molar-refractivity contribution in [2.45, 2.75) is 13.5 Å². The highest BCUT2D eigenvalue weighted by molar-refractivity contribution is 6.01. The third-order valence-corrected chi connectivity index (χ3v) is 5.97. The Morgan fingerprint density at radius 1 is 1.13 bits per heavy atom. The number of anilines is 1. The molecule has 190 valence electrons. The molecule has 0 radical (unpaired) electrons. The number of aryl methyl sites for hydroxylation is 1. The number of hydrogen-bond acceptors (Lipinski definition) is 5. The summed E-state index contributed by atoms with van der Waals surface area (Å²) in [5.74, 6) is 1.46. The van der Waals surface area contributed by atoms with Crippen molar-refractivity contribution >= 4 is 34.5 Å². The predicted octanol–water partition coefficient (Wildman–Crippen LogP) is 4.57. The number of nitrogens with one attached hydrogen (secondary N) is 2. The number of para-hydroxylation sites is 2. The molecule has 3 aromatic carbocycles. The third kappa shape index (κ3) is 5.14. The number of nitro benzene ring substituents is 1. The summed E-state index contributed by atoms with van der Waals surface area (Å²) in [6, 6.07) is 23.4. The number of aromatic amines is 1. The smallest absolute Gasteiger partial charge is 0.377 e. The average Bonchev–Trinajstić information content (AvgIpc) is 3.47. The number of hydrogen-bond donors (Lipinski definition) is 2. The molecule has 10 heteroatoms. The van der Waals surface area contributed by atoms with Crippen LogP contribution < -0.4 is 14.7 Å². The van der Waals surface area contributed by atoms with E-state index in [2.05, 4.69) is 10.4 Å². The SMILES string of the molecule is COc1ccc(C=CC(=O)Nc2cc(C)[nH][n+]2-c2nc3ccccc3n2Cc2cccc([N+](=O)[O-])c2)cc1. The Hall–Kier alpha value is -5.25. The number of ether oxygens (including phenoxy) is 1. The van der Waals surface area contributed by atoms with Gasteiger partial charge in [0, 0.05) is 30.0 Å². The van der Waals surface area contributed by atoms with Crippen molar-refractivity contribution in [1.29, 1.82) is 0 Å². The maximum atomic E-state index is 12.8. The number of H-pyrrole nitrogens is 1. The monoisotopic (exact) mass is 509 g/mol. The number of carbonyl (C=O) groups excluding carboxylic acids is 1. The van der Waals surface area contributed by atoms with Crippen molar-refractivity contribution in [2.75, 3.05) is 12.4 Å². The second-order valence-electron chi connectivity index (χ2n) is 8.67. The van der Waals surface area contributed by atoms with E-state index >= 15 is 0 Å². The molecule has 0 aliphatic heterocycles. The maximum Gasteiger partial charge on any atom is 0.377 e. The van der Waals surface area contributed by atoms with Gasteiger partial charge in [0.1, 0.15) is 11.3 Å². The van der Waals surface area contributed by atoms with Gasteiger partial charge in [-0.2, -0.15) is 0 Å². The number of nitro groups is 1. The molecule has 0 spiro atoms. The number of fused-ring (bicyclic) bond motifs is 1. The van der Waals surface area contributed by atoms with Crippen LogP contribution in [0.15, 0.2) is 84.9 Å². The fourth-order valence-electron chi connectivity index (χ4n) is 4.18. The minimum atomic E-state index is -0.410. The third-order valence-electron chi connectivity index (χ3n) is 5.97. The van der Waals surface area contributed by atoms with Crippen LogP contribution in [0.5, 0.6) is 5.75 Å². The Morgan fingerprint density at radius 3 is 2.68 bits per heavy atom. The molecule has 0 fully saturated rings. The van der Waals surface area contributed by atoms with Crippen molar-refractivity contribution in [3.63, 3.8) is 0 Å². The molecular formula is C28H25N6O4+. The van der Waals surface area contributed by atoms with Crippen molar-refractivity contribution in [3.8, 4) is 11.7 Å². The minimum absolute atomic E-state index is 0.0217. The van der Waals surface area contributed by atoms with Crippen LogP contribution in [0.4, 0.5) is 11.5 Å². The molecule has 0 aliphatic carbocycles. The first kappa shape index (κ1) is 24.4. The molecule has 0 bridgehead atoms. The molecule has 1 amide bonds. The number of non-ortho nitro benzene ring substituents is 1. The van der Waals surface area contributed by atoms with E-state index < -0.39 is 4.92 Å². The lowest BCUT2D eigenvalue weighted by Crippen LogP contribution is -2.40. The Morgan fingerprint density at radius 2 is 1.92 bits per heavy atom. The quantitative estimate of drug-likeness (QED) is 0.138. The zero-order valence-corrected chi connectivity index (χ0v) is 20.8. The summed E-state index contributed by atoms with van der Waals surface area (Å²) in [7, 11) is 1.60. The number of carbonyl (C=O) groups is 1. The standard InChI is InChI=1S/C28H24N6O4/c1-19-16-26(30-27(35)15-12-20-10-13-23(38-2)14-11-20)33(31-19)28-29-24-8-3-4-9-25(24)32(28)18-21-6-5-7-22(17-21)34(36)37/h3-17H,18H2,1-2H3,(H,30,31,35)/p+1. The molecule has 38 heavy (non-hydrogen) atoms.